The van der Waals surface area contributed by atoms with Crippen molar-refractivity contribution in [3.05, 3.63) is 65.7 Å². The molecule has 0 aliphatic heterocycles. The first-order chi connectivity index (χ1) is 14.5. The normalized spacial score (nSPS) is 11.3. The largest absolute Gasteiger partial charge is 0.464 e. The summed E-state index contributed by atoms with van der Waals surface area (Å²) in [4.78, 5) is 36.5. The van der Waals surface area contributed by atoms with E-state index in [1.165, 1.54) is 0 Å². The van der Waals surface area contributed by atoms with Gasteiger partial charge in [-0.1, -0.05) is 55.8 Å². The van der Waals surface area contributed by atoms with E-state index in [0.717, 1.165) is 12.0 Å². The Morgan fingerprint density at radius 2 is 1.80 bits per heavy atom. The molecule has 8 heteroatoms. The second-order valence-electron chi connectivity index (χ2n) is 6.47. The third-order valence-electron chi connectivity index (χ3n) is 4.08. The molecule has 0 heterocycles. The Bertz CT molecular complexity index is 844. The van der Waals surface area contributed by atoms with Gasteiger partial charge in [-0.25, -0.2) is 9.59 Å². The summed E-state index contributed by atoms with van der Waals surface area (Å²) >= 11 is 5.52. The Balaban J connectivity index is 2.11. The molecule has 0 unspecified atom stereocenters. The summed E-state index contributed by atoms with van der Waals surface area (Å²) in [5.74, 6) is -1.19. The molecular weight excluding hydrogens is 408 g/mol. The van der Waals surface area contributed by atoms with Crippen molar-refractivity contribution in [3.8, 4) is 0 Å². The van der Waals surface area contributed by atoms with Crippen LogP contribution in [0.1, 0.15) is 36.9 Å². The zero-order valence-electron chi connectivity index (χ0n) is 16.7. The Labute approximate surface area is 180 Å². The standard InChI is InChI=1S/C22H25ClN2O5/c1-2-3-12-29-21(27)20(17-10-7-11-18(13-17)24-19(26)14-23)25-22(28)30-15-16-8-5-4-6-9-16/h4-11,13,20H,2-3,12,14-15H2,1H3,(H,24,26)(H,25,28)/t20-/m1/s1. The molecule has 2 rings (SSSR count). The van der Waals surface area contributed by atoms with Crippen LogP contribution in [0.3, 0.4) is 0 Å². The zero-order valence-corrected chi connectivity index (χ0v) is 17.5. The van der Waals surface area contributed by atoms with Crippen LogP contribution in [0.2, 0.25) is 0 Å². The van der Waals surface area contributed by atoms with Crippen molar-refractivity contribution in [2.45, 2.75) is 32.4 Å². The topological polar surface area (TPSA) is 93.7 Å². The van der Waals surface area contributed by atoms with Crippen molar-refractivity contribution < 1.29 is 23.9 Å². The minimum atomic E-state index is -1.09. The number of anilines is 1. The molecule has 2 N–H and O–H groups in total. The molecule has 0 aliphatic carbocycles. The Morgan fingerprint density at radius 1 is 1.03 bits per heavy atom. The number of amides is 2. The highest BCUT2D eigenvalue weighted by molar-refractivity contribution is 6.29. The lowest BCUT2D eigenvalue weighted by Gasteiger charge is -2.19. The molecule has 2 aromatic carbocycles. The molecule has 0 saturated carbocycles. The monoisotopic (exact) mass is 432 g/mol. The van der Waals surface area contributed by atoms with Gasteiger partial charge in [-0.05, 0) is 29.7 Å². The fraction of sp³-hybridized carbons (Fsp3) is 0.318. The van der Waals surface area contributed by atoms with E-state index in [-0.39, 0.29) is 25.0 Å². The predicted molar refractivity (Wildman–Crippen MR) is 114 cm³/mol. The van der Waals surface area contributed by atoms with Gasteiger partial charge in [0, 0.05) is 5.69 Å². The maximum atomic E-state index is 12.6. The van der Waals surface area contributed by atoms with Crippen molar-refractivity contribution in [3.63, 3.8) is 0 Å². The van der Waals surface area contributed by atoms with Gasteiger partial charge in [0.2, 0.25) is 5.91 Å². The number of nitrogens with one attached hydrogen (secondary N) is 2. The van der Waals surface area contributed by atoms with Crippen LogP contribution >= 0.6 is 11.6 Å². The van der Waals surface area contributed by atoms with E-state index in [2.05, 4.69) is 10.6 Å². The molecule has 30 heavy (non-hydrogen) atoms. The number of hydrogen-bond acceptors (Lipinski definition) is 5. The molecule has 1 atom stereocenters. The van der Waals surface area contributed by atoms with Crippen LogP contribution < -0.4 is 10.6 Å². The number of rotatable bonds is 10. The molecule has 160 valence electrons. The van der Waals surface area contributed by atoms with E-state index in [0.29, 0.717) is 17.7 Å². The average molecular weight is 433 g/mol. The van der Waals surface area contributed by atoms with Gasteiger partial charge < -0.3 is 20.1 Å². The van der Waals surface area contributed by atoms with Crippen molar-refractivity contribution in [1.29, 1.82) is 0 Å². The van der Waals surface area contributed by atoms with Crippen LogP contribution in [0.5, 0.6) is 0 Å². The fourth-order valence-electron chi connectivity index (χ4n) is 2.55. The van der Waals surface area contributed by atoms with Crippen LogP contribution in [0.15, 0.2) is 54.6 Å². The molecule has 0 fully saturated rings. The SMILES string of the molecule is CCCCOC(=O)[C@H](NC(=O)OCc1ccccc1)c1cccc(NC(=O)CCl)c1. The van der Waals surface area contributed by atoms with Crippen molar-refractivity contribution in [2.24, 2.45) is 0 Å². The van der Waals surface area contributed by atoms with E-state index in [9.17, 15) is 14.4 Å². The minimum absolute atomic E-state index is 0.0656. The Hall–Kier alpha value is -3.06. The quantitative estimate of drug-likeness (QED) is 0.334. The lowest BCUT2D eigenvalue weighted by molar-refractivity contribution is -0.146. The van der Waals surface area contributed by atoms with E-state index in [1.54, 1.807) is 24.3 Å². The number of carbonyl (C=O) groups is 3. The molecular formula is C22H25ClN2O5. The Kier molecular flexibility index (Phi) is 9.67. The number of benzene rings is 2. The van der Waals surface area contributed by atoms with Gasteiger partial charge >= 0.3 is 12.1 Å². The number of carbonyl (C=O) groups excluding carboxylic acids is 3. The third kappa shape index (κ3) is 7.75. The van der Waals surface area contributed by atoms with Crippen LogP contribution in [-0.4, -0.2) is 30.5 Å². The number of ether oxygens (including phenoxy) is 2. The summed E-state index contributed by atoms with van der Waals surface area (Å²) in [6.45, 7) is 2.29. The predicted octanol–water partition coefficient (Wildman–Crippen LogP) is 4.17. The summed E-state index contributed by atoms with van der Waals surface area (Å²) in [5.41, 5.74) is 1.71. The second kappa shape index (κ2) is 12.5. The first-order valence-electron chi connectivity index (χ1n) is 9.63. The number of halogens is 1. The van der Waals surface area contributed by atoms with Crippen LogP contribution in [0.4, 0.5) is 10.5 Å². The first kappa shape index (κ1) is 23.2. The fourth-order valence-corrected chi connectivity index (χ4v) is 2.62. The van der Waals surface area contributed by atoms with Crippen molar-refractivity contribution in [1.82, 2.24) is 5.32 Å². The third-order valence-corrected chi connectivity index (χ3v) is 4.32. The van der Waals surface area contributed by atoms with Gasteiger partial charge in [-0.2, -0.15) is 0 Å². The molecule has 2 amide bonds. The van der Waals surface area contributed by atoms with Crippen molar-refractivity contribution in [2.75, 3.05) is 17.8 Å². The van der Waals surface area contributed by atoms with E-state index >= 15 is 0 Å². The van der Waals surface area contributed by atoms with Gasteiger partial charge in [0.25, 0.3) is 0 Å². The molecule has 7 nitrogen and oxygen atoms in total. The number of hydrogen-bond donors (Lipinski definition) is 2. The number of unbranched alkanes of at least 4 members (excludes halogenated alkanes) is 1. The number of alkyl halides is 1. The van der Waals surface area contributed by atoms with Gasteiger partial charge in [0.15, 0.2) is 6.04 Å². The first-order valence-corrected chi connectivity index (χ1v) is 10.2. The molecule has 0 radical (unpaired) electrons. The van der Waals surface area contributed by atoms with Crippen LogP contribution in [0.25, 0.3) is 0 Å². The second-order valence-corrected chi connectivity index (χ2v) is 6.73. The highest BCUT2D eigenvalue weighted by Gasteiger charge is 2.25. The van der Waals surface area contributed by atoms with Gasteiger partial charge in [0.1, 0.15) is 12.5 Å². The minimum Gasteiger partial charge on any atom is -0.464 e. The van der Waals surface area contributed by atoms with Gasteiger partial charge in [0.05, 0.1) is 6.61 Å². The molecule has 0 spiro atoms. The highest BCUT2D eigenvalue weighted by Crippen LogP contribution is 2.20. The lowest BCUT2D eigenvalue weighted by atomic mass is 10.1. The summed E-state index contributed by atoms with van der Waals surface area (Å²) in [5, 5.41) is 5.16. The average Bonchev–Trinajstić information content (AvgIpc) is 2.77. The maximum Gasteiger partial charge on any atom is 0.408 e. The molecule has 0 aromatic heterocycles. The van der Waals surface area contributed by atoms with E-state index in [4.69, 9.17) is 21.1 Å². The zero-order chi connectivity index (χ0) is 21.8. The van der Waals surface area contributed by atoms with E-state index < -0.39 is 18.1 Å². The number of esters is 1. The van der Waals surface area contributed by atoms with Gasteiger partial charge in [-0.3, -0.25) is 4.79 Å². The highest BCUT2D eigenvalue weighted by atomic mass is 35.5. The maximum absolute atomic E-state index is 12.6. The van der Waals surface area contributed by atoms with Crippen molar-refractivity contribution >= 4 is 35.3 Å². The lowest BCUT2D eigenvalue weighted by Crippen LogP contribution is -2.35. The molecule has 0 aliphatic rings. The smallest absolute Gasteiger partial charge is 0.408 e. The van der Waals surface area contributed by atoms with Gasteiger partial charge in [-0.15, -0.1) is 11.6 Å². The van der Waals surface area contributed by atoms with E-state index in [1.807, 2.05) is 37.3 Å². The Morgan fingerprint density at radius 3 is 2.50 bits per heavy atom. The summed E-state index contributed by atoms with van der Waals surface area (Å²) in [6, 6.07) is 14.6. The molecule has 0 saturated heterocycles. The summed E-state index contributed by atoms with van der Waals surface area (Å²) in [7, 11) is 0. The molecule has 0 bridgehead atoms. The van der Waals surface area contributed by atoms with Crippen LogP contribution in [0, 0.1) is 0 Å². The van der Waals surface area contributed by atoms with Crippen LogP contribution in [-0.2, 0) is 25.7 Å². The summed E-state index contributed by atoms with van der Waals surface area (Å²) < 4.78 is 10.5. The number of alkyl carbamates (subject to hydrolysis) is 1. The summed E-state index contributed by atoms with van der Waals surface area (Å²) in [6.07, 6.45) is 0.819. The molecule has 2 aromatic rings.